The van der Waals surface area contributed by atoms with Crippen LogP contribution in [0.2, 0.25) is 0 Å². The second-order valence-electron chi connectivity index (χ2n) is 19.4. The third-order valence-electron chi connectivity index (χ3n) is 12.5. The van der Waals surface area contributed by atoms with Crippen LogP contribution in [0.5, 0.6) is 0 Å². The molecule has 68 heavy (non-hydrogen) atoms. The van der Waals surface area contributed by atoms with Crippen LogP contribution in [0.15, 0.2) is 135 Å². The van der Waals surface area contributed by atoms with Crippen LogP contribution in [-0.4, -0.2) is 42.6 Å². The van der Waals surface area contributed by atoms with Crippen LogP contribution in [-0.2, 0) is 30.3 Å². The van der Waals surface area contributed by atoms with Crippen molar-refractivity contribution in [2.24, 2.45) is 0 Å². The van der Waals surface area contributed by atoms with E-state index in [2.05, 4.69) is 121 Å². The summed E-state index contributed by atoms with van der Waals surface area (Å²) in [5.74, 6) is -1.40. The molecule has 0 fully saturated rings. The molecule has 7 nitrogen and oxygen atoms in total. The molecule has 0 aliphatic rings. The van der Waals surface area contributed by atoms with Gasteiger partial charge in [0.1, 0.15) is 12.6 Å². The number of hydrogen-bond donors (Lipinski definition) is 2. The first-order valence-electron chi connectivity index (χ1n) is 25.5. The first kappa shape index (κ1) is 59.0. The number of H-pyrrole nitrogens is 1. The Bertz CT molecular complexity index is 2140. The number of benzene rings is 1. The molecule has 1 unspecified atom stereocenters. The summed E-state index contributed by atoms with van der Waals surface area (Å²) in [6, 6.07) is 6.90. The number of fused-ring (bicyclic) bond motifs is 1. The van der Waals surface area contributed by atoms with Crippen molar-refractivity contribution in [2.75, 3.05) is 13.7 Å². The van der Waals surface area contributed by atoms with Crippen molar-refractivity contribution in [3.05, 3.63) is 141 Å². The number of amides is 1. The van der Waals surface area contributed by atoms with Gasteiger partial charge in [-0.05, 0) is 190 Å². The lowest BCUT2D eigenvalue weighted by Gasteiger charge is -2.16. The summed E-state index contributed by atoms with van der Waals surface area (Å²) >= 11 is 0. The SMILES string of the molecule is COC(=O)C(Cc1c[nH]c2ccccc12)NC(=O)CCC(=O)OC/C=C(\C)CC/C=C(\C)CC/C=C(\C)CC/C=C(\C)CC/C=C(\C)CC/C=C(\C)CC/C=C(\C)CC/C=C(\C)CCC=C(C)C. The molecule has 0 saturated heterocycles. The fourth-order valence-electron chi connectivity index (χ4n) is 7.92. The average Bonchev–Trinajstić information content (AvgIpc) is 3.70. The zero-order chi connectivity index (χ0) is 50.1. The summed E-state index contributed by atoms with van der Waals surface area (Å²) < 4.78 is 10.3. The minimum absolute atomic E-state index is 0.0712. The van der Waals surface area contributed by atoms with E-state index in [9.17, 15) is 14.4 Å². The van der Waals surface area contributed by atoms with E-state index in [1.165, 1.54) is 64.5 Å². The fraction of sp³-hybridized carbons (Fsp3) is 0.525. The van der Waals surface area contributed by atoms with Crippen LogP contribution in [0.25, 0.3) is 10.9 Å². The summed E-state index contributed by atoms with van der Waals surface area (Å²) in [5.41, 5.74) is 14.8. The predicted molar refractivity (Wildman–Crippen MR) is 290 cm³/mol. The molecule has 0 saturated carbocycles. The van der Waals surface area contributed by atoms with Gasteiger partial charge in [0.2, 0.25) is 5.91 Å². The molecule has 1 amide bonds. The smallest absolute Gasteiger partial charge is 0.328 e. The van der Waals surface area contributed by atoms with Gasteiger partial charge in [0.25, 0.3) is 0 Å². The Kier molecular flexibility index (Phi) is 30.4. The largest absolute Gasteiger partial charge is 0.467 e. The zero-order valence-electron chi connectivity index (χ0n) is 44.3. The number of ether oxygens (including phenoxy) is 2. The number of carbonyl (C=O) groups is 3. The summed E-state index contributed by atoms with van der Waals surface area (Å²) in [6.07, 6.45) is 40.7. The molecular weight excluding hydrogens is 841 g/mol. The van der Waals surface area contributed by atoms with Crippen molar-refractivity contribution in [1.29, 1.82) is 0 Å². The highest BCUT2D eigenvalue weighted by Crippen LogP contribution is 2.21. The van der Waals surface area contributed by atoms with E-state index in [0.717, 1.165) is 112 Å². The molecule has 2 aromatic rings. The molecule has 1 heterocycles. The quantitative estimate of drug-likeness (QED) is 0.0549. The van der Waals surface area contributed by atoms with Crippen molar-refractivity contribution in [3.8, 4) is 0 Å². The Morgan fingerprint density at radius 3 is 1.29 bits per heavy atom. The lowest BCUT2D eigenvalue weighted by atomic mass is 10.0. The molecule has 0 bridgehead atoms. The fourth-order valence-corrected chi connectivity index (χ4v) is 7.92. The summed E-state index contributed by atoms with van der Waals surface area (Å²) in [6.45, 7) is 22.4. The van der Waals surface area contributed by atoms with E-state index in [0.29, 0.717) is 0 Å². The van der Waals surface area contributed by atoms with Gasteiger partial charge < -0.3 is 19.8 Å². The van der Waals surface area contributed by atoms with Gasteiger partial charge in [-0.15, -0.1) is 0 Å². The summed E-state index contributed by atoms with van der Waals surface area (Å²) in [7, 11) is 1.29. The number of nitrogens with one attached hydrogen (secondary N) is 2. The molecule has 0 spiro atoms. The van der Waals surface area contributed by atoms with Crippen molar-refractivity contribution in [2.45, 2.75) is 197 Å². The van der Waals surface area contributed by atoms with Crippen LogP contribution in [0.3, 0.4) is 0 Å². The van der Waals surface area contributed by atoms with E-state index in [-0.39, 0.29) is 25.9 Å². The Labute approximate surface area is 413 Å². The van der Waals surface area contributed by atoms with Crippen molar-refractivity contribution >= 4 is 28.7 Å². The number of carbonyl (C=O) groups excluding carboxylic acids is 3. The lowest BCUT2D eigenvalue weighted by molar-refractivity contribution is -0.145. The molecule has 0 aliphatic carbocycles. The first-order chi connectivity index (χ1) is 32.6. The van der Waals surface area contributed by atoms with E-state index in [1.54, 1.807) is 0 Å². The van der Waals surface area contributed by atoms with Crippen molar-refractivity contribution in [1.82, 2.24) is 10.3 Å². The normalized spacial score (nSPS) is 14.0. The number of rotatable bonds is 33. The Morgan fingerprint density at radius 1 is 0.515 bits per heavy atom. The van der Waals surface area contributed by atoms with Crippen molar-refractivity contribution < 1.29 is 23.9 Å². The zero-order valence-corrected chi connectivity index (χ0v) is 44.3. The molecule has 2 rings (SSSR count). The number of aromatic nitrogens is 1. The first-order valence-corrected chi connectivity index (χ1v) is 25.5. The average molecular weight is 931 g/mol. The summed E-state index contributed by atoms with van der Waals surface area (Å²) in [5, 5.41) is 3.70. The maximum Gasteiger partial charge on any atom is 0.328 e. The molecule has 0 radical (unpaired) electrons. The van der Waals surface area contributed by atoms with Gasteiger partial charge in [0.05, 0.1) is 13.5 Å². The number of aromatic amines is 1. The Balaban J connectivity index is 1.57. The maximum absolute atomic E-state index is 12.7. The van der Waals surface area contributed by atoms with Crippen LogP contribution in [0, 0.1) is 0 Å². The third-order valence-corrected chi connectivity index (χ3v) is 12.5. The monoisotopic (exact) mass is 931 g/mol. The van der Waals surface area contributed by atoms with E-state index < -0.39 is 23.9 Å². The van der Waals surface area contributed by atoms with Gasteiger partial charge in [-0.1, -0.05) is 117 Å². The second kappa shape index (κ2) is 35.0. The highest BCUT2D eigenvalue weighted by Gasteiger charge is 2.23. The standard InChI is InChI=1S/C61H90N2O5/c1-46(2)22-14-23-47(3)24-15-25-48(4)26-16-27-49(5)28-17-29-50(6)30-18-31-51(7)32-19-33-52(8)34-20-35-53(9)36-21-37-54(10)42-43-68-60(65)41-40-59(64)63-58(61(66)67-11)44-55-45-62-57-39-13-12-38-56(55)57/h12-13,22,24,26,28,30,32,34,36,38-39,42,45,58,62H,14-21,23,25,27,29,31,33,35,37,40-41,43-44H2,1-11H3,(H,63,64)/b47-24+,48-26+,49-28+,50-30+,51-32+,52-34+,53-36+,54-42+. The number of hydrogen-bond acceptors (Lipinski definition) is 5. The summed E-state index contributed by atoms with van der Waals surface area (Å²) in [4.78, 5) is 40.7. The molecule has 1 aromatic carbocycles. The highest BCUT2D eigenvalue weighted by molar-refractivity contribution is 5.88. The maximum atomic E-state index is 12.7. The predicted octanol–water partition coefficient (Wildman–Crippen LogP) is 16.5. The Morgan fingerprint density at radius 2 is 0.897 bits per heavy atom. The van der Waals surface area contributed by atoms with Gasteiger partial charge in [-0.3, -0.25) is 9.59 Å². The van der Waals surface area contributed by atoms with Gasteiger partial charge in [-0.2, -0.15) is 0 Å². The third kappa shape index (κ3) is 28.2. The highest BCUT2D eigenvalue weighted by atomic mass is 16.5. The molecule has 1 atom stereocenters. The number of esters is 2. The van der Waals surface area contributed by atoms with Crippen LogP contribution >= 0.6 is 0 Å². The van der Waals surface area contributed by atoms with Gasteiger partial charge in [0, 0.05) is 29.9 Å². The van der Waals surface area contributed by atoms with Gasteiger partial charge in [-0.25, -0.2) is 4.79 Å². The van der Waals surface area contributed by atoms with E-state index in [1.807, 2.05) is 43.5 Å². The number of para-hydroxylation sites is 1. The molecule has 7 heteroatoms. The van der Waals surface area contributed by atoms with Crippen LogP contribution < -0.4 is 5.32 Å². The molecule has 1 aromatic heterocycles. The number of allylic oxidation sites excluding steroid dienone is 17. The van der Waals surface area contributed by atoms with E-state index >= 15 is 0 Å². The van der Waals surface area contributed by atoms with Gasteiger partial charge in [0.15, 0.2) is 0 Å². The molecule has 0 aliphatic heterocycles. The lowest BCUT2D eigenvalue weighted by Crippen LogP contribution is -2.43. The minimum Gasteiger partial charge on any atom is -0.467 e. The van der Waals surface area contributed by atoms with Crippen molar-refractivity contribution in [3.63, 3.8) is 0 Å². The minimum atomic E-state index is -0.861. The molecular formula is C61H90N2O5. The second-order valence-corrected chi connectivity index (χ2v) is 19.4. The van der Waals surface area contributed by atoms with Gasteiger partial charge >= 0.3 is 11.9 Å². The molecule has 2 N–H and O–H groups in total. The Hall–Kier alpha value is -5.17. The molecule has 374 valence electrons. The van der Waals surface area contributed by atoms with E-state index in [4.69, 9.17) is 9.47 Å². The van der Waals surface area contributed by atoms with Crippen LogP contribution in [0.4, 0.5) is 0 Å². The topological polar surface area (TPSA) is 97.5 Å². The number of methoxy groups -OCH3 is 1. The van der Waals surface area contributed by atoms with Crippen LogP contribution in [0.1, 0.15) is 190 Å².